The van der Waals surface area contributed by atoms with E-state index in [1.165, 1.54) is 22.3 Å². The number of pyridine rings is 1. The number of amides is 1. The molecule has 2 heterocycles. The van der Waals surface area contributed by atoms with Gasteiger partial charge in [-0.05, 0) is 85.3 Å². The molecule has 0 radical (unpaired) electrons. The largest absolute Gasteiger partial charge is 0.492 e. The number of ether oxygens (including phenoxy) is 1. The lowest BCUT2D eigenvalue weighted by molar-refractivity contribution is 0.00578. The van der Waals surface area contributed by atoms with E-state index in [0.29, 0.717) is 5.15 Å². The Bertz CT molecular complexity index is 1610. The van der Waals surface area contributed by atoms with E-state index in [4.69, 9.17) is 25.6 Å². The van der Waals surface area contributed by atoms with Crippen LogP contribution in [0.1, 0.15) is 50.3 Å². The summed E-state index contributed by atoms with van der Waals surface area (Å²) in [5.74, 6) is -0.00836. The predicted molar refractivity (Wildman–Crippen MR) is 164 cm³/mol. The highest BCUT2D eigenvalue weighted by Gasteiger charge is 2.52. The van der Waals surface area contributed by atoms with Gasteiger partial charge in [-0.15, -0.1) is 0 Å². The first-order valence-corrected chi connectivity index (χ1v) is 14.2. The van der Waals surface area contributed by atoms with Crippen molar-refractivity contribution in [2.75, 3.05) is 13.2 Å². The number of nitrogens with zero attached hydrogens (tertiary/aromatic N) is 1. The van der Waals surface area contributed by atoms with Crippen LogP contribution in [-0.4, -0.2) is 42.5 Å². The van der Waals surface area contributed by atoms with Gasteiger partial charge in [-0.25, -0.2) is 9.78 Å². The molecular weight excluding hydrogens is 535 g/mol. The molecule has 3 aromatic carbocycles. The van der Waals surface area contributed by atoms with Crippen LogP contribution in [0.2, 0.25) is 5.15 Å². The third kappa shape index (κ3) is 5.37. The maximum Gasteiger partial charge on any atom is 0.492 e. The molecule has 1 fully saturated rings. The second-order valence-electron chi connectivity index (χ2n) is 11.6. The summed E-state index contributed by atoms with van der Waals surface area (Å²) in [6, 6.07) is 26.2. The lowest BCUT2D eigenvalue weighted by atomic mass is 9.77. The molecule has 1 aliphatic carbocycles. The van der Waals surface area contributed by atoms with E-state index in [-0.39, 0.29) is 19.1 Å². The molecule has 8 heteroatoms. The summed E-state index contributed by atoms with van der Waals surface area (Å²) in [7, 11) is -0.632. The lowest BCUT2D eigenvalue weighted by Crippen LogP contribution is -2.41. The van der Waals surface area contributed by atoms with Crippen LogP contribution in [0.25, 0.3) is 28.1 Å². The number of alkyl carbamates (subject to hydrolysis) is 1. The van der Waals surface area contributed by atoms with E-state index in [1.807, 2.05) is 82.3 Å². The van der Waals surface area contributed by atoms with Gasteiger partial charge in [0.15, 0.2) is 0 Å². The number of hydrogen-bond acceptors (Lipinski definition) is 5. The average Bonchev–Trinajstić information content (AvgIpc) is 3.38. The molecule has 6 rings (SSSR count). The molecule has 4 aromatic rings. The highest BCUT2D eigenvalue weighted by atomic mass is 35.5. The Kier molecular flexibility index (Phi) is 7.14. The first-order valence-electron chi connectivity index (χ1n) is 13.8. The van der Waals surface area contributed by atoms with Crippen LogP contribution in [-0.2, 0) is 14.0 Å². The van der Waals surface area contributed by atoms with Crippen LogP contribution in [0.4, 0.5) is 4.79 Å². The lowest BCUT2D eigenvalue weighted by Gasteiger charge is -2.32. The minimum atomic E-state index is -0.632. The second-order valence-corrected chi connectivity index (χ2v) is 12.0. The summed E-state index contributed by atoms with van der Waals surface area (Å²) in [6.07, 6.45) is 1.49. The van der Waals surface area contributed by atoms with Crippen LogP contribution in [0.3, 0.4) is 0 Å². The maximum atomic E-state index is 13.0. The molecule has 2 aliphatic rings. The SMILES string of the molecule is CC1(C)OB(C(=Cc2ccc3nc(Cl)ccc3c2)CNC(=O)OCC2c3ccccc3-c3ccccc32)OC1(C)C. The monoisotopic (exact) mass is 566 g/mol. The summed E-state index contributed by atoms with van der Waals surface area (Å²) in [4.78, 5) is 17.4. The third-order valence-electron chi connectivity index (χ3n) is 8.37. The fraction of sp³-hybridized carbons (Fsp3) is 0.273. The summed E-state index contributed by atoms with van der Waals surface area (Å²) in [6.45, 7) is 8.48. The molecule has 1 aromatic heterocycles. The fourth-order valence-corrected chi connectivity index (χ4v) is 5.60. The van der Waals surface area contributed by atoms with Gasteiger partial charge < -0.3 is 19.4 Å². The van der Waals surface area contributed by atoms with E-state index >= 15 is 0 Å². The van der Waals surface area contributed by atoms with Crippen LogP contribution >= 0.6 is 11.6 Å². The van der Waals surface area contributed by atoms with Gasteiger partial charge in [0.05, 0.1) is 16.7 Å². The van der Waals surface area contributed by atoms with Crippen LogP contribution in [0, 0.1) is 0 Å². The number of fused-ring (bicyclic) bond motifs is 4. The maximum absolute atomic E-state index is 13.0. The van der Waals surface area contributed by atoms with E-state index in [2.05, 4.69) is 34.6 Å². The molecule has 41 heavy (non-hydrogen) atoms. The fourth-order valence-electron chi connectivity index (χ4n) is 5.44. The Balaban J connectivity index is 1.20. The zero-order valence-electron chi connectivity index (χ0n) is 23.6. The number of rotatable bonds is 6. The van der Waals surface area contributed by atoms with Crippen molar-refractivity contribution in [1.29, 1.82) is 0 Å². The normalized spacial score (nSPS) is 17.4. The molecule has 1 aliphatic heterocycles. The van der Waals surface area contributed by atoms with Crippen molar-refractivity contribution in [3.05, 3.63) is 106 Å². The van der Waals surface area contributed by atoms with Gasteiger partial charge in [0, 0.05) is 17.8 Å². The quantitative estimate of drug-likeness (QED) is 0.194. The third-order valence-corrected chi connectivity index (χ3v) is 8.58. The molecule has 1 N–H and O–H groups in total. The average molecular weight is 567 g/mol. The summed E-state index contributed by atoms with van der Waals surface area (Å²) in [5, 5.41) is 4.34. The van der Waals surface area contributed by atoms with Crippen molar-refractivity contribution < 1.29 is 18.8 Å². The number of hydrogen-bond donors (Lipinski definition) is 1. The van der Waals surface area contributed by atoms with Crippen LogP contribution in [0.5, 0.6) is 0 Å². The minimum absolute atomic E-state index is 0.00836. The van der Waals surface area contributed by atoms with Gasteiger partial charge in [0.2, 0.25) is 0 Å². The van der Waals surface area contributed by atoms with Gasteiger partial charge in [0.25, 0.3) is 0 Å². The molecule has 6 nitrogen and oxygen atoms in total. The second kappa shape index (κ2) is 10.6. The first-order chi connectivity index (χ1) is 19.6. The summed E-state index contributed by atoms with van der Waals surface area (Å²) < 4.78 is 18.5. The van der Waals surface area contributed by atoms with E-state index in [0.717, 1.165) is 21.9 Å². The Hall–Kier alpha value is -3.65. The molecule has 0 spiro atoms. The van der Waals surface area contributed by atoms with Crippen molar-refractivity contribution in [1.82, 2.24) is 10.3 Å². The van der Waals surface area contributed by atoms with Gasteiger partial charge in [0.1, 0.15) is 11.8 Å². The summed E-state index contributed by atoms with van der Waals surface area (Å²) >= 11 is 6.06. The van der Waals surface area contributed by atoms with Gasteiger partial charge >= 0.3 is 13.2 Å². The van der Waals surface area contributed by atoms with Crippen molar-refractivity contribution >= 4 is 41.8 Å². The minimum Gasteiger partial charge on any atom is -0.449 e. The number of benzene rings is 3. The molecule has 1 saturated heterocycles. The Morgan fingerprint density at radius 3 is 2.24 bits per heavy atom. The highest BCUT2D eigenvalue weighted by Crippen LogP contribution is 2.44. The van der Waals surface area contributed by atoms with Crippen LogP contribution in [0.15, 0.2) is 84.3 Å². The first kappa shape index (κ1) is 27.5. The van der Waals surface area contributed by atoms with E-state index < -0.39 is 24.4 Å². The molecular formula is C33H32BClN2O4. The molecule has 0 unspecified atom stereocenters. The smallest absolute Gasteiger partial charge is 0.449 e. The molecule has 1 amide bonds. The zero-order valence-corrected chi connectivity index (χ0v) is 24.4. The number of nitrogens with one attached hydrogen (secondary N) is 1. The standard InChI is InChI=1S/C33H32BClN2O4/c1-32(2)33(3,4)41-34(40-32)23(18-21-13-15-29-22(17-21)14-16-30(35)37-29)19-36-31(38)39-20-28-26-11-7-5-9-24(26)25-10-6-8-12-27(25)28/h5-18,28H,19-20H2,1-4H3,(H,36,38). The van der Waals surface area contributed by atoms with Gasteiger partial charge in [-0.3, -0.25) is 0 Å². The topological polar surface area (TPSA) is 69.7 Å². The molecule has 0 bridgehead atoms. The van der Waals surface area contributed by atoms with Gasteiger partial charge in [-0.2, -0.15) is 0 Å². The Morgan fingerprint density at radius 2 is 1.59 bits per heavy atom. The Morgan fingerprint density at radius 1 is 0.951 bits per heavy atom. The van der Waals surface area contributed by atoms with Crippen molar-refractivity contribution in [2.45, 2.75) is 44.8 Å². The molecule has 208 valence electrons. The van der Waals surface area contributed by atoms with E-state index in [9.17, 15) is 4.79 Å². The highest BCUT2D eigenvalue weighted by molar-refractivity contribution is 6.56. The molecule has 0 saturated carbocycles. The van der Waals surface area contributed by atoms with E-state index in [1.54, 1.807) is 6.07 Å². The number of aromatic nitrogens is 1. The molecule has 0 atom stereocenters. The zero-order chi connectivity index (χ0) is 28.8. The Labute approximate surface area is 245 Å². The predicted octanol–water partition coefficient (Wildman–Crippen LogP) is 7.44. The number of halogens is 1. The van der Waals surface area contributed by atoms with Crippen molar-refractivity contribution in [3.8, 4) is 11.1 Å². The number of carbonyl (C=O) groups is 1. The van der Waals surface area contributed by atoms with Crippen molar-refractivity contribution in [2.24, 2.45) is 0 Å². The van der Waals surface area contributed by atoms with Crippen molar-refractivity contribution in [3.63, 3.8) is 0 Å². The summed E-state index contributed by atoms with van der Waals surface area (Å²) in [5.41, 5.74) is 6.20. The van der Waals surface area contributed by atoms with Crippen LogP contribution < -0.4 is 5.32 Å². The van der Waals surface area contributed by atoms with Gasteiger partial charge in [-0.1, -0.05) is 72.3 Å². The number of carbonyl (C=O) groups excluding carboxylic acids is 1.